The number of ketones is 1. The molecule has 0 radical (unpaired) electrons. The molecular weight excluding hydrogens is 332 g/mol. The Labute approximate surface area is 142 Å². The van der Waals surface area contributed by atoms with Crippen LogP contribution in [0.3, 0.4) is 0 Å². The lowest BCUT2D eigenvalue weighted by Crippen LogP contribution is -2.21. The second kappa shape index (κ2) is 7.46. The zero-order chi connectivity index (χ0) is 17.0. The standard InChI is InChI=1S/C16H23ClN2O3Si/c1-21-16-7-14-12(9-18-16)13(15(20)8-17)10-19(14)11-22-5-6-23(2,3)4/h7,9-10H,5-6,8,11H2,1-4H3. The van der Waals surface area contributed by atoms with E-state index < -0.39 is 8.07 Å². The highest BCUT2D eigenvalue weighted by Gasteiger charge is 2.16. The molecule has 0 N–H and O–H groups in total. The molecule has 0 unspecified atom stereocenters. The largest absolute Gasteiger partial charge is 0.481 e. The fourth-order valence-electron chi connectivity index (χ4n) is 2.22. The summed E-state index contributed by atoms with van der Waals surface area (Å²) in [5.74, 6) is 0.329. The summed E-state index contributed by atoms with van der Waals surface area (Å²) in [4.78, 5) is 16.2. The third-order valence-corrected chi connectivity index (χ3v) is 5.55. The van der Waals surface area contributed by atoms with Crippen LogP contribution >= 0.6 is 11.6 Å². The minimum Gasteiger partial charge on any atom is -0.481 e. The molecule has 0 aliphatic heterocycles. The summed E-state index contributed by atoms with van der Waals surface area (Å²) in [5.41, 5.74) is 1.43. The molecule has 0 bridgehead atoms. The molecule has 2 heterocycles. The highest BCUT2D eigenvalue weighted by atomic mass is 35.5. The van der Waals surface area contributed by atoms with Crippen molar-refractivity contribution in [1.29, 1.82) is 0 Å². The van der Waals surface area contributed by atoms with Crippen molar-refractivity contribution >= 4 is 36.4 Å². The van der Waals surface area contributed by atoms with E-state index in [-0.39, 0.29) is 11.7 Å². The van der Waals surface area contributed by atoms with Crippen molar-refractivity contribution in [3.05, 3.63) is 24.0 Å². The maximum absolute atomic E-state index is 12.0. The highest BCUT2D eigenvalue weighted by molar-refractivity contribution is 6.76. The van der Waals surface area contributed by atoms with Crippen LogP contribution in [0.2, 0.25) is 25.7 Å². The van der Waals surface area contributed by atoms with Gasteiger partial charge in [-0.1, -0.05) is 19.6 Å². The number of halogens is 1. The van der Waals surface area contributed by atoms with E-state index in [1.165, 1.54) is 0 Å². The molecule has 0 aliphatic rings. The number of rotatable bonds is 8. The Hall–Kier alpha value is -1.37. The number of nitrogens with zero attached hydrogens (tertiary/aromatic N) is 2. The van der Waals surface area contributed by atoms with Crippen molar-refractivity contribution in [2.45, 2.75) is 32.4 Å². The molecule has 7 heteroatoms. The van der Waals surface area contributed by atoms with Gasteiger partial charge in [0.1, 0.15) is 6.73 Å². The number of Topliss-reactive ketones (excluding diaryl/α,β-unsaturated/α-hetero) is 1. The van der Waals surface area contributed by atoms with E-state index in [0.29, 0.717) is 18.2 Å². The number of carbonyl (C=O) groups is 1. The van der Waals surface area contributed by atoms with Crippen molar-refractivity contribution in [2.75, 3.05) is 19.6 Å². The van der Waals surface area contributed by atoms with Crippen LogP contribution in [0.15, 0.2) is 18.5 Å². The third-order valence-electron chi connectivity index (χ3n) is 3.60. The molecule has 2 rings (SSSR count). The molecule has 0 saturated heterocycles. The van der Waals surface area contributed by atoms with E-state index in [4.69, 9.17) is 21.1 Å². The minimum atomic E-state index is -1.12. The number of ether oxygens (including phenoxy) is 2. The van der Waals surface area contributed by atoms with Gasteiger partial charge in [0.25, 0.3) is 0 Å². The molecule has 2 aromatic heterocycles. The molecule has 5 nitrogen and oxygen atoms in total. The van der Waals surface area contributed by atoms with Crippen LogP contribution in [0.1, 0.15) is 10.4 Å². The van der Waals surface area contributed by atoms with Gasteiger partial charge in [0, 0.05) is 44.1 Å². The van der Waals surface area contributed by atoms with E-state index in [1.807, 2.05) is 10.6 Å². The summed E-state index contributed by atoms with van der Waals surface area (Å²) >= 11 is 5.70. The molecule has 0 aliphatic carbocycles. The van der Waals surface area contributed by atoms with Crippen molar-refractivity contribution in [2.24, 2.45) is 0 Å². The van der Waals surface area contributed by atoms with Gasteiger partial charge < -0.3 is 14.0 Å². The van der Waals surface area contributed by atoms with Crippen LogP contribution in [0.5, 0.6) is 5.88 Å². The van der Waals surface area contributed by atoms with Crippen LogP contribution in [-0.4, -0.2) is 43.0 Å². The summed E-state index contributed by atoms with van der Waals surface area (Å²) in [6.45, 7) is 8.06. The number of fused-ring (bicyclic) bond motifs is 1. The van der Waals surface area contributed by atoms with E-state index in [2.05, 4.69) is 24.6 Å². The molecule has 0 amide bonds. The second-order valence-corrected chi connectivity index (χ2v) is 12.5. The van der Waals surface area contributed by atoms with Crippen molar-refractivity contribution < 1.29 is 14.3 Å². The zero-order valence-electron chi connectivity index (χ0n) is 14.1. The van der Waals surface area contributed by atoms with Gasteiger partial charge >= 0.3 is 0 Å². The van der Waals surface area contributed by atoms with Gasteiger partial charge in [0.2, 0.25) is 5.88 Å². The van der Waals surface area contributed by atoms with Crippen LogP contribution in [-0.2, 0) is 11.5 Å². The van der Waals surface area contributed by atoms with Gasteiger partial charge in [-0.25, -0.2) is 4.98 Å². The van der Waals surface area contributed by atoms with Crippen molar-refractivity contribution in [3.63, 3.8) is 0 Å². The number of carbonyl (C=O) groups excluding carboxylic acids is 1. The van der Waals surface area contributed by atoms with Crippen molar-refractivity contribution in [1.82, 2.24) is 9.55 Å². The van der Waals surface area contributed by atoms with Gasteiger partial charge in [-0.15, -0.1) is 11.6 Å². The molecule has 0 spiro atoms. The Morgan fingerprint density at radius 3 is 2.74 bits per heavy atom. The fourth-order valence-corrected chi connectivity index (χ4v) is 3.12. The third kappa shape index (κ3) is 4.56. The average molecular weight is 355 g/mol. The lowest BCUT2D eigenvalue weighted by Gasteiger charge is -2.15. The smallest absolute Gasteiger partial charge is 0.215 e. The lowest BCUT2D eigenvalue weighted by molar-refractivity contribution is 0.0899. The predicted molar refractivity (Wildman–Crippen MR) is 95.4 cm³/mol. The molecule has 0 saturated carbocycles. The molecule has 23 heavy (non-hydrogen) atoms. The number of methoxy groups -OCH3 is 1. The first-order chi connectivity index (χ1) is 10.9. The van der Waals surface area contributed by atoms with E-state index in [0.717, 1.165) is 23.6 Å². The van der Waals surface area contributed by atoms with E-state index in [9.17, 15) is 4.79 Å². The Morgan fingerprint density at radius 2 is 2.13 bits per heavy atom. The minimum absolute atomic E-state index is 0.0539. The second-order valence-electron chi connectivity index (χ2n) is 6.66. The van der Waals surface area contributed by atoms with Crippen LogP contribution < -0.4 is 4.74 Å². The fraction of sp³-hybridized carbons (Fsp3) is 0.500. The monoisotopic (exact) mass is 354 g/mol. The summed E-state index contributed by atoms with van der Waals surface area (Å²) in [7, 11) is 0.448. The van der Waals surface area contributed by atoms with Gasteiger partial charge in [-0.2, -0.15) is 0 Å². The maximum Gasteiger partial charge on any atom is 0.215 e. The van der Waals surface area contributed by atoms with E-state index >= 15 is 0 Å². The summed E-state index contributed by atoms with van der Waals surface area (Å²) in [6.07, 6.45) is 3.43. The summed E-state index contributed by atoms with van der Waals surface area (Å²) in [6, 6.07) is 2.91. The Bertz CT molecular complexity index is 694. The first-order valence-electron chi connectivity index (χ1n) is 7.55. The van der Waals surface area contributed by atoms with Gasteiger partial charge in [-0.3, -0.25) is 4.79 Å². The summed E-state index contributed by atoms with van der Waals surface area (Å²) in [5, 5.41) is 0.769. The molecule has 0 fully saturated rings. The Balaban J connectivity index is 2.25. The zero-order valence-corrected chi connectivity index (χ0v) is 15.8. The van der Waals surface area contributed by atoms with Crippen LogP contribution in [0.4, 0.5) is 0 Å². The molecule has 0 aromatic carbocycles. The molecule has 126 valence electrons. The predicted octanol–water partition coefficient (Wildman–Crippen LogP) is 3.78. The van der Waals surface area contributed by atoms with Gasteiger partial charge in [-0.05, 0) is 6.04 Å². The molecule has 2 aromatic rings. The summed E-state index contributed by atoms with van der Waals surface area (Å²) < 4.78 is 12.9. The number of hydrogen-bond donors (Lipinski definition) is 0. The normalized spacial score (nSPS) is 11.9. The molecular formula is C16H23ClN2O3Si. The van der Waals surface area contributed by atoms with Gasteiger partial charge in [0.05, 0.1) is 18.5 Å². The number of pyridine rings is 1. The SMILES string of the molecule is COc1cc2c(cn1)c(C(=O)CCl)cn2COCC[Si](C)(C)C. The average Bonchev–Trinajstić information content (AvgIpc) is 2.87. The number of aromatic nitrogens is 2. The first-order valence-corrected chi connectivity index (χ1v) is 11.8. The van der Waals surface area contributed by atoms with Crippen molar-refractivity contribution in [3.8, 4) is 5.88 Å². The maximum atomic E-state index is 12.0. The van der Waals surface area contributed by atoms with Gasteiger partial charge in [0.15, 0.2) is 5.78 Å². The quantitative estimate of drug-likeness (QED) is 0.313. The van der Waals surface area contributed by atoms with E-state index in [1.54, 1.807) is 19.5 Å². The first kappa shape index (κ1) is 18.0. The highest BCUT2D eigenvalue weighted by Crippen LogP contribution is 2.25. The Morgan fingerprint density at radius 1 is 1.39 bits per heavy atom. The van der Waals surface area contributed by atoms with Crippen LogP contribution in [0.25, 0.3) is 10.9 Å². The molecule has 0 atom stereocenters. The van der Waals surface area contributed by atoms with Crippen LogP contribution in [0, 0.1) is 0 Å². The topological polar surface area (TPSA) is 53.3 Å². The number of alkyl halides is 1. The lowest BCUT2D eigenvalue weighted by atomic mass is 10.1. The Kier molecular flexibility index (Phi) is 5.83. The number of hydrogen-bond acceptors (Lipinski definition) is 4.